The Morgan fingerprint density at radius 3 is 2.67 bits per heavy atom. The number of piperidine rings is 1. The number of hydrogen-bond acceptors (Lipinski definition) is 3. The summed E-state index contributed by atoms with van der Waals surface area (Å²) >= 11 is 0. The molecule has 6 nitrogen and oxygen atoms in total. The minimum Gasteiger partial charge on any atom is -0.480 e. The lowest BCUT2D eigenvalue weighted by atomic mass is 10.1. The number of aliphatic carboxylic acids is 1. The second-order valence-corrected chi connectivity index (χ2v) is 5.30. The maximum atomic E-state index is 12.2. The van der Waals surface area contributed by atoms with Crippen molar-refractivity contribution in [3.63, 3.8) is 0 Å². The lowest BCUT2D eigenvalue weighted by molar-refractivity contribution is -0.137. The Labute approximate surface area is 108 Å². The van der Waals surface area contributed by atoms with Gasteiger partial charge < -0.3 is 20.6 Å². The quantitative estimate of drug-likeness (QED) is 0.771. The van der Waals surface area contributed by atoms with Crippen LogP contribution in [0, 0.1) is 5.92 Å². The van der Waals surface area contributed by atoms with Crippen molar-refractivity contribution in [1.29, 1.82) is 0 Å². The Morgan fingerprint density at radius 2 is 2.17 bits per heavy atom. The summed E-state index contributed by atoms with van der Waals surface area (Å²) in [6.45, 7) is 5.32. The van der Waals surface area contributed by atoms with Crippen LogP contribution in [0.1, 0.15) is 26.7 Å². The van der Waals surface area contributed by atoms with Gasteiger partial charge >= 0.3 is 12.0 Å². The van der Waals surface area contributed by atoms with Gasteiger partial charge in [0.05, 0.1) is 0 Å². The number of amides is 2. The molecule has 1 heterocycles. The van der Waals surface area contributed by atoms with Crippen molar-refractivity contribution in [3.05, 3.63) is 0 Å². The van der Waals surface area contributed by atoms with Crippen molar-refractivity contribution in [3.8, 4) is 0 Å². The first-order valence-electron chi connectivity index (χ1n) is 6.41. The van der Waals surface area contributed by atoms with Gasteiger partial charge in [0.25, 0.3) is 0 Å². The van der Waals surface area contributed by atoms with E-state index in [4.69, 9.17) is 10.8 Å². The molecule has 1 aliphatic heterocycles. The first-order chi connectivity index (χ1) is 8.40. The highest BCUT2D eigenvalue weighted by molar-refractivity contribution is 5.80. The minimum absolute atomic E-state index is 0.00780. The number of carboxylic acid groups (broad SMARTS) is 1. The predicted octanol–water partition coefficient (Wildman–Crippen LogP) is 0.572. The van der Waals surface area contributed by atoms with E-state index in [2.05, 4.69) is 0 Å². The molecule has 3 N–H and O–H groups in total. The summed E-state index contributed by atoms with van der Waals surface area (Å²) in [5.41, 5.74) is 5.84. The van der Waals surface area contributed by atoms with Gasteiger partial charge in [-0.2, -0.15) is 0 Å². The van der Waals surface area contributed by atoms with Gasteiger partial charge in [-0.3, -0.25) is 4.79 Å². The molecule has 0 aliphatic carbocycles. The fourth-order valence-electron chi connectivity index (χ4n) is 2.20. The molecule has 0 aromatic heterocycles. The van der Waals surface area contributed by atoms with Crippen LogP contribution in [0.5, 0.6) is 0 Å². The van der Waals surface area contributed by atoms with Crippen LogP contribution in [0.2, 0.25) is 0 Å². The average Bonchev–Trinajstić information content (AvgIpc) is 2.26. The monoisotopic (exact) mass is 257 g/mol. The maximum Gasteiger partial charge on any atom is 0.323 e. The van der Waals surface area contributed by atoms with Crippen LogP contribution in [0.3, 0.4) is 0 Å². The van der Waals surface area contributed by atoms with Crippen molar-refractivity contribution in [2.24, 2.45) is 11.7 Å². The molecule has 0 saturated carbocycles. The van der Waals surface area contributed by atoms with Crippen LogP contribution in [0.4, 0.5) is 4.79 Å². The summed E-state index contributed by atoms with van der Waals surface area (Å²) < 4.78 is 0. The molecule has 0 bridgehead atoms. The van der Waals surface area contributed by atoms with Crippen LogP contribution in [0.15, 0.2) is 0 Å². The number of hydrogen-bond donors (Lipinski definition) is 2. The summed E-state index contributed by atoms with van der Waals surface area (Å²) in [6, 6.07) is -0.199. The maximum absolute atomic E-state index is 12.2. The van der Waals surface area contributed by atoms with E-state index in [0.29, 0.717) is 19.6 Å². The summed E-state index contributed by atoms with van der Waals surface area (Å²) in [6.07, 6.45) is 1.81. The van der Waals surface area contributed by atoms with E-state index in [-0.39, 0.29) is 24.5 Å². The largest absolute Gasteiger partial charge is 0.480 e. The van der Waals surface area contributed by atoms with Gasteiger partial charge in [-0.1, -0.05) is 13.8 Å². The van der Waals surface area contributed by atoms with E-state index >= 15 is 0 Å². The number of carboxylic acids is 1. The molecule has 0 spiro atoms. The molecule has 1 aliphatic rings. The van der Waals surface area contributed by atoms with Gasteiger partial charge in [0, 0.05) is 25.7 Å². The standard InChI is InChI=1S/C12H23N3O3/c1-9(2)6-15(8-11(16)17)12(18)14-5-3-4-10(13)7-14/h9-10H,3-8,13H2,1-2H3,(H,16,17). The van der Waals surface area contributed by atoms with Crippen LogP contribution in [-0.2, 0) is 4.79 Å². The number of nitrogens with two attached hydrogens (primary N) is 1. The smallest absolute Gasteiger partial charge is 0.323 e. The molecule has 1 fully saturated rings. The molecule has 2 amide bonds. The lowest BCUT2D eigenvalue weighted by Gasteiger charge is -2.35. The second-order valence-electron chi connectivity index (χ2n) is 5.30. The molecule has 0 radical (unpaired) electrons. The van der Waals surface area contributed by atoms with Gasteiger partial charge in [-0.05, 0) is 18.8 Å². The average molecular weight is 257 g/mol. The Balaban J connectivity index is 2.64. The first-order valence-corrected chi connectivity index (χ1v) is 6.41. The molecule has 0 aromatic carbocycles. The normalized spacial score (nSPS) is 20.0. The predicted molar refractivity (Wildman–Crippen MR) is 68.2 cm³/mol. The van der Waals surface area contributed by atoms with Crippen molar-refractivity contribution < 1.29 is 14.7 Å². The molecule has 1 unspecified atom stereocenters. The number of likely N-dealkylation sites (tertiary alicyclic amines) is 1. The van der Waals surface area contributed by atoms with E-state index in [1.54, 1.807) is 4.90 Å². The van der Waals surface area contributed by atoms with Crippen molar-refractivity contribution in [2.45, 2.75) is 32.7 Å². The van der Waals surface area contributed by atoms with Gasteiger partial charge in [0.1, 0.15) is 6.54 Å². The number of urea groups is 1. The highest BCUT2D eigenvalue weighted by Gasteiger charge is 2.27. The molecular formula is C12H23N3O3. The summed E-state index contributed by atoms with van der Waals surface area (Å²) in [5, 5.41) is 8.86. The lowest BCUT2D eigenvalue weighted by Crippen LogP contribution is -2.52. The van der Waals surface area contributed by atoms with E-state index < -0.39 is 5.97 Å². The third-order valence-electron chi connectivity index (χ3n) is 2.91. The minimum atomic E-state index is -0.981. The second kappa shape index (κ2) is 6.58. The number of nitrogens with zero attached hydrogens (tertiary/aromatic N) is 2. The zero-order chi connectivity index (χ0) is 13.7. The van der Waals surface area contributed by atoms with E-state index in [1.807, 2.05) is 13.8 Å². The SMILES string of the molecule is CC(C)CN(CC(=O)O)C(=O)N1CCCC(N)C1. The summed E-state index contributed by atoms with van der Waals surface area (Å²) in [7, 11) is 0. The number of carbonyl (C=O) groups is 2. The third-order valence-corrected chi connectivity index (χ3v) is 2.91. The van der Waals surface area contributed by atoms with Crippen LogP contribution >= 0.6 is 0 Å². The Hall–Kier alpha value is -1.30. The number of rotatable bonds is 4. The van der Waals surface area contributed by atoms with Gasteiger partial charge in [0.2, 0.25) is 0 Å². The van der Waals surface area contributed by atoms with Crippen LogP contribution in [-0.4, -0.2) is 59.1 Å². The van der Waals surface area contributed by atoms with Gasteiger partial charge in [0.15, 0.2) is 0 Å². The highest BCUT2D eigenvalue weighted by atomic mass is 16.4. The topological polar surface area (TPSA) is 86.9 Å². The van der Waals surface area contributed by atoms with Gasteiger partial charge in [-0.15, -0.1) is 0 Å². The molecule has 18 heavy (non-hydrogen) atoms. The third kappa shape index (κ3) is 4.52. The Morgan fingerprint density at radius 1 is 1.50 bits per heavy atom. The highest BCUT2D eigenvalue weighted by Crippen LogP contribution is 2.12. The molecular weight excluding hydrogens is 234 g/mol. The van der Waals surface area contributed by atoms with Crippen LogP contribution in [0.25, 0.3) is 0 Å². The fourth-order valence-corrected chi connectivity index (χ4v) is 2.20. The molecule has 6 heteroatoms. The Kier molecular flexibility index (Phi) is 5.40. The van der Waals surface area contributed by atoms with Gasteiger partial charge in [-0.25, -0.2) is 4.79 Å². The number of carbonyl (C=O) groups excluding carboxylic acids is 1. The first kappa shape index (κ1) is 14.8. The van der Waals surface area contributed by atoms with E-state index in [1.165, 1.54) is 4.90 Å². The van der Waals surface area contributed by atoms with Crippen molar-refractivity contribution in [2.75, 3.05) is 26.2 Å². The summed E-state index contributed by atoms with van der Waals surface area (Å²) in [5.74, 6) is -0.739. The fraction of sp³-hybridized carbons (Fsp3) is 0.833. The molecule has 104 valence electrons. The summed E-state index contributed by atoms with van der Waals surface area (Å²) in [4.78, 5) is 26.1. The van der Waals surface area contributed by atoms with Crippen LogP contribution < -0.4 is 5.73 Å². The zero-order valence-electron chi connectivity index (χ0n) is 11.1. The molecule has 1 atom stereocenters. The Bertz CT molecular complexity index is 307. The molecule has 1 saturated heterocycles. The van der Waals surface area contributed by atoms with E-state index in [9.17, 15) is 9.59 Å². The zero-order valence-corrected chi connectivity index (χ0v) is 11.1. The van der Waals surface area contributed by atoms with Crippen molar-refractivity contribution >= 4 is 12.0 Å². The molecule has 0 aromatic rings. The van der Waals surface area contributed by atoms with Crippen molar-refractivity contribution in [1.82, 2.24) is 9.80 Å². The van der Waals surface area contributed by atoms with E-state index in [0.717, 1.165) is 12.8 Å². The molecule has 1 rings (SSSR count).